The van der Waals surface area contributed by atoms with Gasteiger partial charge in [0.15, 0.2) is 14.7 Å². The second-order valence-corrected chi connectivity index (χ2v) is 23.3. The molecule has 0 fully saturated rings. The maximum Gasteiger partial charge on any atom is 0.345 e. The molecule has 278 valence electrons. The molecule has 0 atom stereocenters. The number of halogens is 9. The molecular formula is C39H18I9O6S+. The Morgan fingerprint density at radius 1 is 0.327 bits per heavy atom. The Labute approximate surface area is 442 Å². The highest BCUT2D eigenvalue weighted by Crippen LogP contribution is 2.36. The predicted molar refractivity (Wildman–Crippen MR) is 290 cm³/mol. The van der Waals surface area contributed by atoms with Crippen LogP contribution < -0.4 is 14.2 Å². The molecule has 0 radical (unpaired) electrons. The van der Waals surface area contributed by atoms with Gasteiger partial charge >= 0.3 is 17.9 Å². The summed E-state index contributed by atoms with van der Waals surface area (Å²) in [4.78, 5) is 42.7. The van der Waals surface area contributed by atoms with Crippen molar-refractivity contribution >= 4 is 232 Å². The van der Waals surface area contributed by atoms with Gasteiger partial charge < -0.3 is 14.2 Å². The van der Waals surface area contributed by atoms with Crippen LogP contribution in [0.1, 0.15) is 31.1 Å². The van der Waals surface area contributed by atoms with Crippen molar-refractivity contribution in [2.75, 3.05) is 0 Å². The van der Waals surface area contributed by atoms with Gasteiger partial charge in [0.1, 0.15) is 17.2 Å². The lowest BCUT2D eigenvalue weighted by Gasteiger charge is -2.12. The molecule has 6 nitrogen and oxygen atoms in total. The first kappa shape index (κ1) is 45.2. The molecule has 6 rings (SSSR count). The third kappa shape index (κ3) is 10.9. The molecule has 0 saturated carbocycles. The molecule has 0 aliphatic heterocycles. The number of carbonyl (C=O) groups is 3. The first-order valence-corrected chi connectivity index (χ1v) is 26.3. The standard InChI is InChI=1S/C39H18I9O6S/c40-25-13-16-28(43)34(46)31(25)37(49)52-19-1-7-22(8-2-19)55(23-9-3-20(4-10-23)53-38(50)32-26(41)14-17-29(44)35(32)47)24-11-5-21(6-12-24)54-39(51)33-27(42)15-18-30(45)36(33)48/h1-18H/q+1. The van der Waals surface area contributed by atoms with Crippen LogP contribution in [0, 0.1) is 32.1 Å². The maximum atomic E-state index is 13.3. The Morgan fingerprint density at radius 3 is 0.782 bits per heavy atom. The molecule has 0 heterocycles. The molecular weight excluding hydrogens is 1740 g/mol. The zero-order chi connectivity index (χ0) is 39.6. The number of esters is 3. The van der Waals surface area contributed by atoms with E-state index < -0.39 is 28.8 Å². The third-order valence-corrected chi connectivity index (χ3v) is 21.6. The van der Waals surface area contributed by atoms with Crippen molar-refractivity contribution < 1.29 is 28.6 Å². The van der Waals surface area contributed by atoms with E-state index in [1.807, 2.05) is 72.8 Å². The number of ether oxygens (including phenoxy) is 3. The fourth-order valence-corrected chi connectivity index (χ4v) is 14.0. The van der Waals surface area contributed by atoms with Gasteiger partial charge in [-0.25, -0.2) is 14.4 Å². The molecule has 0 aliphatic rings. The molecule has 16 heteroatoms. The number of benzene rings is 6. The van der Waals surface area contributed by atoms with Gasteiger partial charge in [-0.15, -0.1) is 0 Å². The van der Waals surface area contributed by atoms with Crippen molar-refractivity contribution in [3.05, 3.63) is 158 Å². The zero-order valence-corrected chi connectivity index (χ0v) is 47.4. The van der Waals surface area contributed by atoms with E-state index in [9.17, 15) is 14.4 Å². The van der Waals surface area contributed by atoms with Crippen molar-refractivity contribution in [2.45, 2.75) is 14.7 Å². The highest BCUT2D eigenvalue weighted by molar-refractivity contribution is 14.1. The number of hydrogen-bond donors (Lipinski definition) is 0. The summed E-state index contributed by atoms with van der Waals surface area (Å²) in [5, 5.41) is 0. The highest BCUT2D eigenvalue weighted by atomic mass is 127. The molecule has 55 heavy (non-hydrogen) atoms. The second kappa shape index (κ2) is 20.5. The van der Waals surface area contributed by atoms with Crippen LogP contribution in [0.25, 0.3) is 0 Å². The van der Waals surface area contributed by atoms with Crippen molar-refractivity contribution in [1.82, 2.24) is 0 Å². The van der Waals surface area contributed by atoms with Gasteiger partial charge in [-0.3, -0.25) is 0 Å². The van der Waals surface area contributed by atoms with Crippen LogP contribution >= 0.6 is 203 Å². The second-order valence-electron chi connectivity index (χ2n) is 11.0. The van der Waals surface area contributed by atoms with Gasteiger partial charge in [0.25, 0.3) is 0 Å². The summed E-state index contributed by atoms with van der Waals surface area (Å²) in [6.07, 6.45) is 0. The lowest BCUT2D eigenvalue weighted by Crippen LogP contribution is -2.14. The van der Waals surface area contributed by atoms with Crippen LogP contribution in [0.15, 0.2) is 124 Å². The van der Waals surface area contributed by atoms with Crippen molar-refractivity contribution in [2.24, 2.45) is 0 Å². The van der Waals surface area contributed by atoms with Crippen molar-refractivity contribution in [3.63, 3.8) is 0 Å². The van der Waals surface area contributed by atoms with E-state index in [1.54, 1.807) is 36.4 Å². The molecule has 0 aliphatic carbocycles. The monoisotopic (exact) mass is 1760 g/mol. The van der Waals surface area contributed by atoms with Gasteiger partial charge in [0.2, 0.25) is 0 Å². The molecule has 0 bridgehead atoms. The summed E-state index contributed by atoms with van der Waals surface area (Å²) in [7, 11) is -0.648. The Balaban J connectivity index is 1.29. The van der Waals surface area contributed by atoms with E-state index in [1.165, 1.54) is 0 Å². The van der Waals surface area contributed by atoms with Crippen LogP contribution in [0.4, 0.5) is 0 Å². The molecule has 6 aromatic rings. The van der Waals surface area contributed by atoms with E-state index in [0.717, 1.165) is 46.8 Å². The largest absolute Gasteiger partial charge is 0.423 e. The fraction of sp³-hybridized carbons (Fsp3) is 0. The summed E-state index contributed by atoms with van der Waals surface area (Å²) in [5.41, 5.74) is 1.61. The van der Waals surface area contributed by atoms with E-state index in [-0.39, 0.29) is 0 Å². The maximum absolute atomic E-state index is 13.3. The van der Waals surface area contributed by atoms with Crippen molar-refractivity contribution in [3.8, 4) is 17.2 Å². The molecule has 0 N–H and O–H groups in total. The topological polar surface area (TPSA) is 78.9 Å². The summed E-state index contributed by atoms with van der Waals surface area (Å²) >= 11 is 19.6. The summed E-state index contributed by atoms with van der Waals surface area (Å²) in [6.45, 7) is 0. The molecule has 6 aromatic carbocycles. The quantitative estimate of drug-likeness (QED) is 0.0472. The minimum atomic E-state index is -0.648. The predicted octanol–water partition coefficient (Wildman–Crippen LogP) is 13.9. The molecule has 0 unspecified atom stereocenters. The van der Waals surface area contributed by atoms with Crippen LogP contribution in [-0.2, 0) is 10.9 Å². The smallest absolute Gasteiger partial charge is 0.345 e. The SMILES string of the molecule is O=C(Oc1ccc([S+](c2ccc(OC(=O)c3c(I)ccc(I)c3I)cc2)c2ccc(OC(=O)c3c(I)ccc(I)c3I)cc2)cc1)c1c(I)ccc(I)c1I. The minimum absolute atomic E-state index is 0.418. The van der Waals surface area contributed by atoms with E-state index in [2.05, 4.69) is 203 Å². The number of hydrogen-bond acceptors (Lipinski definition) is 6. The van der Waals surface area contributed by atoms with Crippen LogP contribution in [0.5, 0.6) is 17.2 Å². The summed E-state index contributed by atoms with van der Waals surface area (Å²) in [5.74, 6) is 0.0152. The van der Waals surface area contributed by atoms with E-state index in [0.29, 0.717) is 33.9 Å². The number of rotatable bonds is 9. The molecule has 0 aromatic heterocycles. The Bertz CT molecular complexity index is 2190. The Kier molecular flexibility index (Phi) is 16.8. The van der Waals surface area contributed by atoms with Gasteiger partial charge in [0.05, 0.1) is 27.6 Å². The Hall–Kier alpha value is 0.650. The van der Waals surface area contributed by atoms with E-state index >= 15 is 0 Å². The van der Waals surface area contributed by atoms with Crippen molar-refractivity contribution in [1.29, 1.82) is 0 Å². The van der Waals surface area contributed by atoms with Crippen LogP contribution in [0.2, 0.25) is 0 Å². The minimum Gasteiger partial charge on any atom is -0.423 e. The highest BCUT2D eigenvalue weighted by Gasteiger charge is 2.30. The fourth-order valence-electron chi connectivity index (χ4n) is 4.96. The molecule has 0 spiro atoms. The van der Waals surface area contributed by atoms with Gasteiger partial charge in [-0.2, -0.15) is 0 Å². The van der Waals surface area contributed by atoms with Gasteiger partial charge in [0, 0.05) is 32.1 Å². The van der Waals surface area contributed by atoms with Crippen LogP contribution in [0.3, 0.4) is 0 Å². The first-order valence-electron chi connectivity index (χ1n) is 15.3. The number of carbonyl (C=O) groups excluding carboxylic acids is 3. The zero-order valence-electron chi connectivity index (χ0n) is 27.2. The summed E-state index contributed by atoms with van der Waals surface area (Å²) < 4.78 is 25.5. The molecule has 0 saturated heterocycles. The van der Waals surface area contributed by atoms with Crippen LogP contribution in [-0.4, -0.2) is 17.9 Å². The Morgan fingerprint density at radius 2 is 0.545 bits per heavy atom. The normalized spacial score (nSPS) is 11.0. The summed E-state index contributed by atoms with van der Waals surface area (Å²) in [6, 6.07) is 34.1. The lowest BCUT2D eigenvalue weighted by atomic mass is 10.2. The average molecular weight is 1760 g/mol. The average Bonchev–Trinajstić information content (AvgIpc) is 3.15. The van der Waals surface area contributed by atoms with Gasteiger partial charge in [-0.1, -0.05) is 0 Å². The van der Waals surface area contributed by atoms with Gasteiger partial charge in [-0.05, 0) is 313 Å². The molecule has 0 amide bonds. The third-order valence-electron chi connectivity index (χ3n) is 7.55. The lowest BCUT2D eigenvalue weighted by molar-refractivity contribution is 0.0722. The first-order chi connectivity index (χ1) is 26.2. The van der Waals surface area contributed by atoms with E-state index in [4.69, 9.17) is 14.2 Å².